The lowest BCUT2D eigenvalue weighted by Crippen LogP contribution is -2.32. The highest BCUT2D eigenvalue weighted by atomic mass is 16.6. The average Bonchev–Trinajstić information content (AvgIpc) is 2.88. The van der Waals surface area contributed by atoms with Crippen LogP contribution in [0.25, 0.3) is 0 Å². The van der Waals surface area contributed by atoms with Crippen LogP contribution in [0.1, 0.15) is 37.3 Å². The summed E-state index contributed by atoms with van der Waals surface area (Å²) in [5, 5.41) is 23.4. The van der Waals surface area contributed by atoms with E-state index in [0.29, 0.717) is 42.2 Å². The second-order valence-corrected chi connectivity index (χ2v) is 8.43. The molecule has 3 rings (SSSR count). The van der Waals surface area contributed by atoms with E-state index in [2.05, 4.69) is 5.32 Å². The van der Waals surface area contributed by atoms with Crippen LogP contribution in [-0.2, 0) is 25.5 Å². The summed E-state index contributed by atoms with van der Waals surface area (Å²) >= 11 is 0. The molecule has 0 saturated carbocycles. The average molecular weight is 511 g/mol. The molecule has 1 atom stereocenters. The number of nitrogens with one attached hydrogen (secondary N) is 1. The third-order valence-electron chi connectivity index (χ3n) is 5.91. The van der Waals surface area contributed by atoms with Gasteiger partial charge in [0.25, 0.3) is 5.69 Å². The van der Waals surface area contributed by atoms with Gasteiger partial charge < -0.3 is 24.6 Å². The number of aliphatic hydroxyl groups excluding tert-OH is 1. The minimum absolute atomic E-state index is 0.0656. The molecule has 0 unspecified atom stereocenters. The molecule has 2 N–H and O–H groups in total. The lowest BCUT2D eigenvalue weighted by molar-refractivity contribution is -0.384. The molecule has 0 aromatic heterocycles. The topological polar surface area (TPSA) is 137 Å². The minimum atomic E-state index is -0.908. The summed E-state index contributed by atoms with van der Waals surface area (Å²) in [6, 6.07) is 13.2. The van der Waals surface area contributed by atoms with E-state index < -0.39 is 22.8 Å². The molecular formula is C27H30N2O8. The van der Waals surface area contributed by atoms with Crippen molar-refractivity contribution in [1.29, 1.82) is 0 Å². The van der Waals surface area contributed by atoms with E-state index in [0.717, 1.165) is 5.56 Å². The van der Waals surface area contributed by atoms with Crippen LogP contribution < -0.4 is 10.1 Å². The maximum Gasteiger partial charge on any atom is 0.336 e. The molecule has 0 bridgehead atoms. The van der Waals surface area contributed by atoms with Crippen molar-refractivity contribution < 1.29 is 33.8 Å². The number of esters is 2. The smallest absolute Gasteiger partial charge is 0.336 e. The predicted molar refractivity (Wildman–Crippen MR) is 135 cm³/mol. The van der Waals surface area contributed by atoms with Gasteiger partial charge in [0.2, 0.25) is 0 Å². The van der Waals surface area contributed by atoms with Crippen LogP contribution in [-0.4, -0.2) is 48.9 Å². The molecule has 1 heterocycles. The number of non-ortho nitro benzene ring substituents is 1. The third kappa shape index (κ3) is 6.73. The zero-order chi connectivity index (χ0) is 26.9. The van der Waals surface area contributed by atoms with Gasteiger partial charge in [-0.15, -0.1) is 0 Å². The molecule has 0 spiro atoms. The number of nitrogens with zero attached hydrogens (tertiary/aromatic N) is 1. The number of aliphatic hydroxyl groups is 1. The molecule has 0 saturated heterocycles. The van der Waals surface area contributed by atoms with Crippen molar-refractivity contribution in [2.24, 2.45) is 0 Å². The van der Waals surface area contributed by atoms with Crippen LogP contribution in [0.2, 0.25) is 0 Å². The number of hydrogen-bond acceptors (Lipinski definition) is 9. The first-order valence-corrected chi connectivity index (χ1v) is 11.8. The molecule has 196 valence electrons. The Bertz CT molecular complexity index is 1220. The highest BCUT2D eigenvalue weighted by Gasteiger charge is 2.38. The first-order chi connectivity index (χ1) is 17.8. The number of nitro benzene ring substituents is 1. The lowest BCUT2D eigenvalue weighted by atomic mass is 9.80. The fourth-order valence-electron chi connectivity index (χ4n) is 4.17. The number of dihydropyridines is 1. The van der Waals surface area contributed by atoms with Gasteiger partial charge in [-0.25, -0.2) is 9.59 Å². The zero-order valence-corrected chi connectivity index (χ0v) is 21.0. The van der Waals surface area contributed by atoms with E-state index in [4.69, 9.17) is 19.3 Å². The number of methoxy groups -OCH3 is 1. The number of ether oxygens (including phenoxy) is 3. The summed E-state index contributed by atoms with van der Waals surface area (Å²) < 4.78 is 16.1. The van der Waals surface area contributed by atoms with Crippen molar-refractivity contribution in [3.63, 3.8) is 0 Å². The monoisotopic (exact) mass is 510 g/mol. The zero-order valence-electron chi connectivity index (χ0n) is 21.0. The Morgan fingerprint density at radius 1 is 1.03 bits per heavy atom. The Hall–Kier alpha value is -4.18. The molecule has 2 aromatic rings. The van der Waals surface area contributed by atoms with E-state index in [9.17, 15) is 19.7 Å². The summed E-state index contributed by atoms with van der Waals surface area (Å²) in [7, 11) is 1.23. The number of carbonyl (C=O) groups excluding carboxylic acids is 2. The van der Waals surface area contributed by atoms with Crippen LogP contribution in [0.3, 0.4) is 0 Å². The van der Waals surface area contributed by atoms with Gasteiger partial charge in [0.1, 0.15) is 5.75 Å². The largest absolute Gasteiger partial charge is 0.493 e. The molecule has 0 fully saturated rings. The number of hydrogen-bond donors (Lipinski definition) is 2. The molecule has 0 amide bonds. The lowest BCUT2D eigenvalue weighted by Gasteiger charge is -2.30. The van der Waals surface area contributed by atoms with E-state index in [1.165, 1.54) is 25.3 Å². The molecule has 1 aliphatic rings. The van der Waals surface area contributed by atoms with Crippen LogP contribution in [0.15, 0.2) is 71.1 Å². The summed E-state index contributed by atoms with van der Waals surface area (Å²) in [4.78, 5) is 36.7. The molecule has 10 nitrogen and oxygen atoms in total. The minimum Gasteiger partial charge on any atom is -0.493 e. The van der Waals surface area contributed by atoms with E-state index in [1.54, 1.807) is 19.9 Å². The number of rotatable bonds is 11. The fourth-order valence-corrected chi connectivity index (χ4v) is 4.17. The maximum absolute atomic E-state index is 13.2. The maximum atomic E-state index is 13.2. The van der Waals surface area contributed by atoms with Gasteiger partial charge in [0, 0.05) is 36.6 Å². The Labute approximate surface area is 214 Å². The van der Waals surface area contributed by atoms with Gasteiger partial charge in [-0.05, 0) is 43.5 Å². The summed E-state index contributed by atoms with van der Waals surface area (Å²) in [6.45, 7) is 3.81. The summed E-state index contributed by atoms with van der Waals surface area (Å²) in [5.74, 6) is -1.55. The third-order valence-corrected chi connectivity index (χ3v) is 5.91. The summed E-state index contributed by atoms with van der Waals surface area (Å²) in [5.41, 5.74) is 2.55. The van der Waals surface area contributed by atoms with Crippen molar-refractivity contribution in [3.8, 4) is 5.75 Å². The van der Waals surface area contributed by atoms with Crippen molar-refractivity contribution in [2.45, 2.75) is 32.6 Å². The van der Waals surface area contributed by atoms with Gasteiger partial charge in [0.05, 0.1) is 42.3 Å². The van der Waals surface area contributed by atoms with Crippen LogP contribution in [0, 0.1) is 10.1 Å². The fraction of sp³-hybridized carbons (Fsp3) is 0.333. The molecule has 1 aliphatic heterocycles. The van der Waals surface area contributed by atoms with E-state index in [-0.39, 0.29) is 30.0 Å². The van der Waals surface area contributed by atoms with Gasteiger partial charge >= 0.3 is 11.9 Å². The Morgan fingerprint density at radius 3 is 2.32 bits per heavy atom. The van der Waals surface area contributed by atoms with Crippen molar-refractivity contribution in [3.05, 3.63) is 92.3 Å². The van der Waals surface area contributed by atoms with Crippen LogP contribution in [0.5, 0.6) is 5.75 Å². The normalized spacial score (nSPS) is 15.2. The highest BCUT2D eigenvalue weighted by Crippen LogP contribution is 2.40. The first kappa shape index (κ1) is 27.4. The van der Waals surface area contributed by atoms with Gasteiger partial charge in [0.15, 0.2) is 0 Å². The van der Waals surface area contributed by atoms with Gasteiger partial charge in [-0.3, -0.25) is 10.1 Å². The van der Waals surface area contributed by atoms with Crippen LogP contribution in [0.4, 0.5) is 5.69 Å². The molecule has 10 heteroatoms. The molecule has 2 aromatic carbocycles. The van der Waals surface area contributed by atoms with Crippen molar-refractivity contribution >= 4 is 17.6 Å². The second-order valence-electron chi connectivity index (χ2n) is 8.43. The van der Waals surface area contributed by atoms with E-state index in [1.807, 2.05) is 24.3 Å². The number of nitro groups is 1. The van der Waals surface area contributed by atoms with Crippen molar-refractivity contribution in [1.82, 2.24) is 5.32 Å². The number of carbonyl (C=O) groups is 2. The van der Waals surface area contributed by atoms with Crippen LogP contribution >= 0.6 is 0 Å². The quantitative estimate of drug-likeness (QED) is 0.201. The number of allylic oxidation sites excluding steroid dienone is 2. The standard InChI is InChI=1S/C27H30N2O8/c1-17-23(26(31)35-3)25(20-6-4-7-21(16-20)29(33)34)24(18(2)28-17)27(32)37-15-5-14-36-22-10-8-19(9-11-22)12-13-30/h4,6-11,16,25,28,30H,5,12-15H2,1-3H3/t25-/m0/s1. The SMILES string of the molecule is COC(=O)C1=C(C)NC(C)=C(C(=O)OCCCOc2ccc(CCO)cc2)[C@H]1c1cccc([N+](=O)[O-])c1. The molecule has 37 heavy (non-hydrogen) atoms. The molecule has 0 radical (unpaired) electrons. The van der Waals surface area contributed by atoms with Gasteiger partial charge in [-0.1, -0.05) is 24.3 Å². The Kier molecular flexibility index (Phi) is 9.39. The van der Waals surface area contributed by atoms with E-state index >= 15 is 0 Å². The Morgan fingerprint density at radius 2 is 1.70 bits per heavy atom. The summed E-state index contributed by atoms with van der Waals surface area (Å²) in [6.07, 6.45) is 0.994. The highest BCUT2D eigenvalue weighted by molar-refractivity contribution is 5.99. The molecular weight excluding hydrogens is 480 g/mol. The Balaban J connectivity index is 1.73. The first-order valence-electron chi connectivity index (χ1n) is 11.8. The second kappa shape index (κ2) is 12.7. The number of benzene rings is 2. The van der Waals surface area contributed by atoms with Crippen molar-refractivity contribution in [2.75, 3.05) is 26.9 Å². The predicted octanol–water partition coefficient (Wildman–Crippen LogP) is 3.55. The van der Waals surface area contributed by atoms with Gasteiger partial charge in [-0.2, -0.15) is 0 Å². The molecule has 0 aliphatic carbocycles.